The van der Waals surface area contributed by atoms with Crippen molar-refractivity contribution >= 4 is 35.0 Å². The summed E-state index contributed by atoms with van der Waals surface area (Å²) in [5, 5.41) is 3.84. The van der Waals surface area contributed by atoms with E-state index in [4.69, 9.17) is 23.2 Å². The number of nitrogens with one attached hydrogen (secondary N) is 1. The van der Waals surface area contributed by atoms with Gasteiger partial charge in [-0.3, -0.25) is 9.59 Å². The van der Waals surface area contributed by atoms with Gasteiger partial charge in [0.2, 0.25) is 5.91 Å². The van der Waals surface area contributed by atoms with E-state index in [9.17, 15) is 9.59 Å². The molecule has 0 saturated carbocycles. The van der Waals surface area contributed by atoms with Gasteiger partial charge < -0.3 is 10.2 Å². The highest BCUT2D eigenvalue weighted by Gasteiger charge is 2.19. The summed E-state index contributed by atoms with van der Waals surface area (Å²) < 4.78 is 0. The van der Waals surface area contributed by atoms with Crippen LogP contribution in [0.1, 0.15) is 23.2 Å². The minimum absolute atomic E-state index is 0.157. The van der Waals surface area contributed by atoms with E-state index in [0.717, 1.165) is 24.1 Å². The van der Waals surface area contributed by atoms with Gasteiger partial charge in [0.05, 0.1) is 10.0 Å². The van der Waals surface area contributed by atoms with E-state index in [0.29, 0.717) is 35.1 Å². The molecule has 1 saturated heterocycles. The average molecular weight is 377 g/mol. The van der Waals surface area contributed by atoms with E-state index < -0.39 is 0 Å². The van der Waals surface area contributed by atoms with Crippen molar-refractivity contribution < 1.29 is 9.59 Å². The van der Waals surface area contributed by atoms with Gasteiger partial charge in [-0.2, -0.15) is 0 Å². The Labute approximate surface area is 156 Å². The lowest BCUT2D eigenvalue weighted by Gasteiger charge is -2.15. The fourth-order valence-electron chi connectivity index (χ4n) is 2.87. The molecule has 2 aromatic carbocycles. The van der Waals surface area contributed by atoms with Crippen LogP contribution in [0, 0.1) is 0 Å². The monoisotopic (exact) mass is 376 g/mol. The van der Waals surface area contributed by atoms with Gasteiger partial charge in [-0.05, 0) is 30.2 Å². The predicted octanol–water partition coefficient (Wildman–Crippen LogP) is 4.01. The van der Waals surface area contributed by atoms with Crippen LogP contribution in [0.25, 0.3) is 11.1 Å². The topological polar surface area (TPSA) is 49.4 Å². The third-order valence-corrected chi connectivity index (χ3v) is 5.07. The zero-order valence-electron chi connectivity index (χ0n) is 13.6. The van der Waals surface area contributed by atoms with Gasteiger partial charge in [-0.15, -0.1) is 0 Å². The highest BCUT2D eigenvalue weighted by Crippen LogP contribution is 2.33. The Balaban J connectivity index is 1.60. The number of hydrogen-bond donors (Lipinski definition) is 1. The Kier molecular flexibility index (Phi) is 5.61. The van der Waals surface area contributed by atoms with Crippen molar-refractivity contribution in [3.8, 4) is 11.1 Å². The number of nitrogens with zero attached hydrogens (tertiary/aromatic N) is 1. The first-order valence-electron chi connectivity index (χ1n) is 8.16. The summed E-state index contributed by atoms with van der Waals surface area (Å²) in [4.78, 5) is 25.5. The van der Waals surface area contributed by atoms with E-state index in [-0.39, 0.29) is 11.8 Å². The molecule has 0 bridgehead atoms. The first-order chi connectivity index (χ1) is 12.1. The molecule has 3 rings (SSSR count). The van der Waals surface area contributed by atoms with Crippen LogP contribution < -0.4 is 5.32 Å². The Morgan fingerprint density at radius 3 is 2.56 bits per heavy atom. The minimum atomic E-state index is -0.157. The number of carbonyl (C=O) groups excluding carboxylic acids is 2. The molecule has 130 valence electrons. The molecule has 1 aliphatic rings. The molecule has 1 aliphatic heterocycles. The molecule has 0 atom stereocenters. The van der Waals surface area contributed by atoms with E-state index in [1.807, 2.05) is 24.3 Å². The predicted molar refractivity (Wildman–Crippen MR) is 100 cm³/mol. The van der Waals surface area contributed by atoms with Crippen LogP contribution in [0.4, 0.5) is 0 Å². The summed E-state index contributed by atoms with van der Waals surface area (Å²) in [6.45, 7) is 1.79. The zero-order valence-corrected chi connectivity index (χ0v) is 15.1. The Morgan fingerprint density at radius 1 is 1.12 bits per heavy atom. The number of likely N-dealkylation sites (tertiary alicyclic amines) is 1. The van der Waals surface area contributed by atoms with Crippen LogP contribution in [-0.4, -0.2) is 36.3 Å². The molecule has 1 fully saturated rings. The van der Waals surface area contributed by atoms with Gasteiger partial charge in [0.1, 0.15) is 0 Å². The van der Waals surface area contributed by atoms with Crippen LogP contribution in [0.5, 0.6) is 0 Å². The van der Waals surface area contributed by atoms with Crippen molar-refractivity contribution in [1.29, 1.82) is 0 Å². The molecule has 0 spiro atoms. The van der Waals surface area contributed by atoms with Crippen molar-refractivity contribution in [3.05, 3.63) is 58.1 Å². The van der Waals surface area contributed by atoms with Crippen LogP contribution in [-0.2, 0) is 4.79 Å². The van der Waals surface area contributed by atoms with Gasteiger partial charge in [0, 0.05) is 37.2 Å². The van der Waals surface area contributed by atoms with Crippen molar-refractivity contribution in [1.82, 2.24) is 10.2 Å². The summed E-state index contributed by atoms with van der Waals surface area (Å²) in [6.07, 6.45) is 1.52. The maximum atomic E-state index is 12.2. The number of halogens is 2. The molecular formula is C19H18Cl2N2O2. The summed E-state index contributed by atoms with van der Waals surface area (Å²) in [6, 6.07) is 12.7. The summed E-state index contributed by atoms with van der Waals surface area (Å²) in [5.74, 6) is 0.00684. The number of amides is 2. The van der Waals surface area contributed by atoms with E-state index in [2.05, 4.69) is 5.32 Å². The first kappa shape index (κ1) is 17.8. The normalized spacial score (nSPS) is 14.0. The smallest absolute Gasteiger partial charge is 0.251 e. The van der Waals surface area contributed by atoms with E-state index >= 15 is 0 Å². The van der Waals surface area contributed by atoms with Gasteiger partial charge >= 0.3 is 0 Å². The molecule has 0 unspecified atom stereocenters. The maximum absolute atomic E-state index is 12.2. The molecule has 1 N–H and O–H groups in total. The molecule has 2 amide bonds. The second-order valence-electron chi connectivity index (χ2n) is 5.92. The highest BCUT2D eigenvalue weighted by molar-refractivity contribution is 6.43. The fourth-order valence-corrected chi connectivity index (χ4v) is 3.28. The first-order valence-corrected chi connectivity index (χ1v) is 8.92. The molecule has 2 aromatic rings. The van der Waals surface area contributed by atoms with Gasteiger partial charge in [0.15, 0.2) is 0 Å². The van der Waals surface area contributed by atoms with Crippen molar-refractivity contribution in [2.24, 2.45) is 0 Å². The lowest BCUT2D eigenvalue weighted by molar-refractivity contribution is -0.127. The van der Waals surface area contributed by atoms with Gasteiger partial charge in [-0.25, -0.2) is 0 Å². The van der Waals surface area contributed by atoms with Gasteiger partial charge in [-0.1, -0.05) is 47.5 Å². The second kappa shape index (κ2) is 7.89. The largest absolute Gasteiger partial charge is 0.350 e. The van der Waals surface area contributed by atoms with Crippen LogP contribution >= 0.6 is 23.2 Å². The van der Waals surface area contributed by atoms with Crippen LogP contribution in [0.2, 0.25) is 10.0 Å². The Morgan fingerprint density at radius 2 is 1.88 bits per heavy atom. The quantitative estimate of drug-likeness (QED) is 0.856. The summed E-state index contributed by atoms with van der Waals surface area (Å²) in [7, 11) is 0. The number of carbonyl (C=O) groups is 2. The third-order valence-electron chi connectivity index (χ3n) is 4.25. The van der Waals surface area contributed by atoms with E-state index in [1.165, 1.54) is 0 Å². The SMILES string of the molecule is O=C(NCCN1CCCC1=O)c1ccc(-c2cccc(Cl)c2Cl)cc1. The standard InChI is InChI=1S/C19H18Cl2N2O2/c20-16-4-1-3-15(18(16)21)13-6-8-14(9-7-13)19(25)22-10-12-23-11-2-5-17(23)24/h1,3-4,6-9H,2,5,10-12H2,(H,22,25). The zero-order chi connectivity index (χ0) is 17.8. The molecule has 0 radical (unpaired) electrons. The van der Waals surface area contributed by atoms with Crippen LogP contribution in [0.3, 0.4) is 0 Å². The lowest BCUT2D eigenvalue weighted by Crippen LogP contribution is -2.35. The van der Waals surface area contributed by atoms with Gasteiger partial charge in [0.25, 0.3) is 5.91 Å². The Bertz CT molecular complexity index is 791. The molecule has 6 heteroatoms. The number of rotatable bonds is 5. The number of hydrogen-bond acceptors (Lipinski definition) is 2. The van der Waals surface area contributed by atoms with Crippen molar-refractivity contribution in [2.45, 2.75) is 12.8 Å². The number of benzene rings is 2. The molecule has 0 aliphatic carbocycles. The average Bonchev–Trinajstić information content (AvgIpc) is 3.02. The van der Waals surface area contributed by atoms with E-state index in [1.54, 1.807) is 23.1 Å². The Hall–Kier alpha value is -2.04. The summed E-state index contributed by atoms with van der Waals surface area (Å²) >= 11 is 12.3. The molecule has 4 nitrogen and oxygen atoms in total. The third kappa shape index (κ3) is 4.14. The minimum Gasteiger partial charge on any atom is -0.350 e. The molecule has 1 heterocycles. The molecular weight excluding hydrogens is 359 g/mol. The lowest BCUT2D eigenvalue weighted by atomic mass is 10.0. The highest BCUT2D eigenvalue weighted by atomic mass is 35.5. The van der Waals surface area contributed by atoms with Crippen molar-refractivity contribution in [2.75, 3.05) is 19.6 Å². The maximum Gasteiger partial charge on any atom is 0.251 e. The summed E-state index contributed by atoms with van der Waals surface area (Å²) in [5.41, 5.74) is 2.29. The van der Waals surface area contributed by atoms with Crippen LogP contribution in [0.15, 0.2) is 42.5 Å². The molecule has 25 heavy (non-hydrogen) atoms. The second-order valence-corrected chi connectivity index (χ2v) is 6.70. The molecule has 0 aromatic heterocycles. The van der Waals surface area contributed by atoms with Crippen molar-refractivity contribution in [3.63, 3.8) is 0 Å². The fraction of sp³-hybridized carbons (Fsp3) is 0.263.